The Hall–Kier alpha value is -2.99. The molecule has 0 unspecified atom stereocenters. The van der Waals surface area contributed by atoms with E-state index in [1.165, 1.54) is 0 Å². The Morgan fingerprint density at radius 2 is 1.69 bits per heavy atom. The van der Waals surface area contributed by atoms with Gasteiger partial charge in [-0.15, -0.1) is 0 Å². The van der Waals surface area contributed by atoms with Gasteiger partial charge in [0.05, 0.1) is 7.11 Å². The van der Waals surface area contributed by atoms with Gasteiger partial charge < -0.3 is 19.1 Å². The second-order valence-electron chi connectivity index (χ2n) is 6.95. The van der Waals surface area contributed by atoms with Crippen LogP contribution in [0.15, 0.2) is 53.1 Å². The van der Waals surface area contributed by atoms with Crippen molar-refractivity contribution in [1.82, 2.24) is 10.1 Å². The van der Waals surface area contributed by atoms with Gasteiger partial charge in [0.1, 0.15) is 22.8 Å². The zero-order valence-electron chi connectivity index (χ0n) is 16.4. The van der Waals surface area contributed by atoms with Crippen molar-refractivity contribution in [1.29, 1.82) is 0 Å². The summed E-state index contributed by atoms with van der Waals surface area (Å²) in [6, 6.07) is 15.2. The number of anilines is 1. The van der Waals surface area contributed by atoms with Gasteiger partial charge in [-0.05, 0) is 43.3 Å². The van der Waals surface area contributed by atoms with E-state index in [2.05, 4.69) is 10.1 Å². The maximum absolute atomic E-state index is 13.2. The van der Waals surface area contributed by atoms with Crippen LogP contribution < -0.4 is 9.64 Å². The van der Waals surface area contributed by atoms with Gasteiger partial charge in [-0.3, -0.25) is 4.79 Å². The molecule has 2 heterocycles. The number of piperazine rings is 1. The van der Waals surface area contributed by atoms with E-state index >= 15 is 0 Å². The molecule has 7 heteroatoms. The van der Waals surface area contributed by atoms with Gasteiger partial charge in [0, 0.05) is 42.5 Å². The molecule has 1 aliphatic rings. The fourth-order valence-electron chi connectivity index (χ4n) is 3.55. The van der Waals surface area contributed by atoms with Crippen molar-refractivity contribution in [2.45, 2.75) is 6.92 Å². The van der Waals surface area contributed by atoms with Crippen molar-refractivity contribution in [3.8, 4) is 17.0 Å². The number of hydrogen-bond acceptors (Lipinski definition) is 5. The molecule has 6 nitrogen and oxygen atoms in total. The van der Waals surface area contributed by atoms with Gasteiger partial charge in [0.2, 0.25) is 0 Å². The Balaban J connectivity index is 1.49. The molecule has 1 aromatic heterocycles. The zero-order chi connectivity index (χ0) is 20.4. The van der Waals surface area contributed by atoms with Crippen molar-refractivity contribution >= 4 is 23.2 Å². The highest BCUT2D eigenvalue weighted by molar-refractivity contribution is 6.30. The molecule has 0 aliphatic carbocycles. The minimum Gasteiger partial charge on any atom is -0.497 e. The van der Waals surface area contributed by atoms with Gasteiger partial charge in [-0.25, -0.2) is 0 Å². The maximum atomic E-state index is 13.2. The highest BCUT2D eigenvalue weighted by Crippen LogP contribution is 2.28. The summed E-state index contributed by atoms with van der Waals surface area (Å²) in [6.07, 6.45) is 0. The van der Waals surface area contributed by atoms with Crippen LogP contribution in [0.4, 0.5) is 5.69 Å². The summed E-state index contributed by atoms with van der Waals surface area (Å²) in [7, 11) is 1.66. The van der Waals surface area contributed by atoms with Crippen LogP contribution in [0, 0.1) is 6.92 Å². The number of carbonyl (C=O) groups excluding carboxylic acids is 1. The SMILES string of the molecule is COc1ccc(N2CCN(C(=O)c3c(-c4ccc(Cl)cc4)noc3C)CC2)cc1. The monoisotopic (exact) mass is 411 g/mol. The minimum absolute atomic E-state index is 0.0527. The van der Waals surface area contributed by atoms with Crippen molar-refractivity contribution in [3.63, 3.8) is 0 Å². The van der Waals surface area contributed by atoms with Gasteiger partial charge in [0.25, 0.3) is 5.91 Å². The topological polar surface area (TPSA) is 58.8 Å². The lowest BCUT2D eigenvalue weighted by molar-refractivity contribution is 0.0745. The maximum Gasteiger partial charge on any atom is 0.259 e. The Labute approximate surface area is 174 Å². The van der Waals surface area contributed by atoms with E-state index in [4.69, 9.17) is 20.9 Å². The van der Waals surface area contributed by atoms with E-state index in [0.717, 1.165) is 30.1 Å². The largest absolute Gasteiger partial charge is 0.497 e. The molecule has 0 atom stereocenters. The van der Waals surface area contributed by atoms with Gasteiger partial charge in [-0.1, -0.05) is 28.9 Å². The Morgan fingerprint density at radius 1 is 1.03 bits per heavy atom. The number of aromatic nitrogens is 1. The molecule has 29 heavy (non-hydrogen) atoms. The molecular weight excluding hydrogens is 390 g/mol. The van der Waals surface area contributed by atoms with Crippen molar-refractivity contribution < 1.29 is 14.1 Å². The number of carbonyl (C=O) groups is 1. The summed E-state index contributed by atoms with van der Waals surface area (Å²) < 4.78 is 10.6. The number of nitrogens with zero attached hydrogens (tertiary/aromatic N) is 3. The summed E-state index contributed by atoms with van der Waals surface area (Å²) in [5.41, 5.74) is 3.01. The molecule has 1 saturated heterocycles. The molecule has 0 bridgehead atoms. The predicted octanol–water partition coefficient (Wildman–Crippen LogP) is 4.27. The number of ether oxygens (including phenoxy) is 1. The number of rotatable bonds is 4. The number of methoxy groups -OCH3 is 1. The lowest BCUT2D eigenvalue weighted by Gasteiger charge is -2.36. The zero-order valence-corrected chi connectivity index (χ0v) is 17.1. The summed E-state index contributed by atoms with van der Waals surface area (Å²) in [4.78, 5) is 17.4. The van der Waals surface area contributed by atoms with Gasteiger partial charge >= 0.3 is 0 Å². The van der Waals surface area contributed by atoms with Crippen LogP contribution in [0.5, 0.6) is 5.75 Å². The van der Waals surface area contributed by atoms with Crippen LogP contribution in [0.2, 0.25) is 5.02 Å². The predicted molar refractivity (Wildman–Crippen MR) is 113 cm³/mol. The van der Waals surface area contributed by atoms with Crippen molar-refractivity contribution in [2.24, 2.45) is 0 Å². The third-order valence-electron chi connectivity index (χ3n) is 5.20. The molecule has 2 aromatic carbocycles. The summed E-state index contributed by atoms with van der Waals surface area (Å²) in [5, 5.41) is 4.76. The number of benzene rings is 2. The molecular formula is C22H22ClN3O3. The fourth-order valence-corrected chi connectivity index (χ4v) is 3.67. The molecule has 3 aromatic rings. The molecule has 0 radical (unpaired) electrons. The molecule has 1 fully saturated rings. The Bertz CT molecular complexity index is 991. The van der Waals surface area contributed by atoms with Crippen molar-refractivity contribution in [2.75, 3.05) is 38.2 Å². The van der Waals surface area contributed by atoms with Crippen LogP contribution in [-0.4, -0.2) is 49.3 Å². The molecule has 150 valence electrons. The quantitative estimate of drug-likeness (QED) is 0.641. The van der Waals surface area contributed by atoms with Gasteiger partial charge in [0.15, 0.2) is 0 Å². The normalized spacial score (nSPS) is 14.2. The minimum atomic E-state index is -0.0527. The number of amides is 1. The molecule has 0 saturated carbocycles. The van der Waals surface area contributed by atoms with Crippen LogP contribution in [0.3, 0.4) is 0 Å². The third kappa shape index (κ3) is 3.93. The van der Waals surface area contributed by atoms with E-state index in [0.29, 0.717) is 35.1 Å². The van der Waals surface area contributed by atoms with E-state index in [9.17, 15) is 4.79 Å². The third-order valence-corrected chi connectivity index (χ3v) is 5.45. The van der Waals surface area contributed by atoms with E-state index < -0.39 is 0 Å². The summed E-state index contributed by atoms with van der Waals surface area (Å²) in [5.74, 6) is 1.31. The Kier molecular flexibility index (Phi) is 5.45. The average molecular weight is 412 g/mol. The number of halogens is 1. The Morgan fingerprint density at radius 3 is 2.31 bits per heavy atom. The highest BCUT2D eigenvalue weighted by atomic mass is 35.5. The molecule has 1 aliphatic heterocycles. The first-order valence-corrected chi connectivity index (χ1v) is 9.85. The van der Waals surface area contributed by atoms with Gasteiger partial charge in [-0.2, -0.15) is 0 Å². The first kappa shape index (κ1) is 19.3. The van der Waals surface area contributed by atoms with E-state index in [1.54, 1.807) is 26.2 Å². The molecule has 0 spiro atoms. The van der Waals surface area contributed by atoms with E-state index in [1.807, 2.05) is 41.3 Å². The fraction of sp³-hybridized carbons (Fsp3) is 0.273. The second kappa shape index (κ2) is 8.17. The number of aryl methyl sites for hydroxylation is 1. The lowest BCUT2D eigenvalue weighted by Crippen LogP contribution is -2.49. The smallest absolute Gasteiger partial charge is 0.259 e. The first-order chi connectivity index (χ1) is 14.1. The lowest BCUT2D eigenvalue weighted by atomic mass is 10.0. The molecule has 0 N–H and O–H groups in total. The molecule has 1 amide bonds. The first-order valence-electron chi connectivity index (χ1n) is 9.47. The number of hydrogen-bond donors (Lipinski definition) is 0. The summed E-state index contributed by atoms with van der Waals surface area (Å²) >= 11 is 5.98. The van der Waals surface area contributed by atoms with Crippen LogP contribution in [0.25, 0.3) is 11.3 Å². The van der Waals surface area contributed by atoms with Crippen LogP contribution in [-0.2, 0) is 0 Å². The standard InChI is InChI=1S/C22H22ClN3O3/c1-15-20(21(24-29-15)16-3-5-17(23)6-4-16)22(27)26-13-11-25(12-14-26)18-7-9-19(28-2)10-8-18/h3-10H,11-14H2,1-2H3. The summed E-state index contributed by atoms with van der Waals surface area (Å²) in [6.45, 7) is 4.57. The average Bonchev–Trinajstić information content (AvgIpc) is 3.15. The second-order valence-corrected chi connectivity index (χ2v) is 7.38. The van der Waals surface area contributed by atoms with Crippen molar-refractivity contribution in [3.05, 3.63) is 64.9 Å². The van der Waals surface area contributed by atoms with Crippen LogP contribution in [0.1, 0.15) is 16.1 Å². The highest BCUT2D eigenvalue weighted by Gasteiger charge is 2.28. The molecule has 4 rings (SSSR count). The van der Waals surface area contributed by atoms with Crippen LogP contribution >= 0.6 is 11.6 Å². The van der Waals surface area contributed by atoms with E-state index in [-0.39, 0.29) is 5.91 Å².